The minimum absolute atomic E-state index is 0.0306. The molecule has 0 radical (unpaired) electrons. The third kappa shape index (κ3) is 8.24. The van der Waals surface area contributed by atoms with Crippen LogP contribution in [-0.2, 0) is 14.3 Å². The van der Waals surface area contributed by atoms with Gasteiger partial charge < -0.3 is 14.8 Å². The van der Waals surface area contributed by atoms with Gasteiger partial charge in [0.15, 0.2) is 6.61 Å². The molecule has 0 heterocycles. The molecule has 8 nitrogen and oxygen atoms in total. The van der Waals surface area contributed by atoms with Crippen molar-refractivity contribution in [2.45, 2.75) is 13.3 Å². The zero-order chi connectivity index (χ0) is 17.1. The molecular weight excluding hydrogens is 309 g/mol. The van der Waals surface area contributed by atoms with E-state index in [1.807, 2.05) is 0 Å². The Balaban J connectivity index is 2.13. The Morgan fingerprint density at radius 2 is 1.83 bits per heavy atom. The van der Waals surface area contributed by atoms with Crippen LogP contribution in [0.1, 0.15) is 13.3 Å². The Bertz CT molecular complexity index is 536. The van der Waals surface area contributed by atoms with E-state index < -0.39 is 23.7 Å². The van der Waals surface area contributed by atoms with Gasteiger partial charge in [0.1, 0.15) is 11.6 Å². The fraction of sp³-hybridized carbons (Fsp3) is 0.357. The van der Waals surface area contributed by atoms with Gasteiger partial charge in [-0.3, -0.25) is 15.0 Å². The van der Waals surface area contributed by atoms with Crippen molar-refractivity contribution >= 4 is 17.9 Å². The lowest BCUT2D eigenvalue weighted by Crippen LogP contribution is -2.48. The lowest BCUT2D eigenvalue weighted by atomic mass is 10.3. The fourth-order valence-electron chi connectivity index (χ4n) is 1.40. The molecule has 0 bridgehead atoms. The van der Waals surface area contributed by atoms with Gasteiger partial charge >= 0.3 is 12.0 Å². The van der Waals surface area contributed by atoms with Crippen LogP contribution in [0.4, 0.5) is 9.18 Å². The zero-order valence-corrected chi connectivity index (χ0v) is 12.6. The monoisotopic (exact) mass is 327 g/mol. The highest BCUT2D eigenvalue weighted by atomic mass is 19.1. The molecule has 0 saturated heterocycles. The molecule has 0 fully saturated rings. The number of hydrazine groups is 1. The van der Waals surface area contributed by atoms with Gasteiger partial charge in [0.2, 0.25) is 0 Å². The zero-order valence-electron chi connectivity index (χ0n) is 12.6. The maximum absolute atomic E-state index is 12.7. The molecule has 0 aliphatic carbocycles. The number of amides is 3. The van der Waals surface area contributed by atoms with Crippen LogP contribution in [0.15, 0.2) is 24.3 Å². The van der Waals surface area contributed by atoms with Gasteiger partial charge in [-0.25, -0.2) is 14.6 Å². The third-order valence-electron chi connectivity index (χ3n) is 2.42. The summed E-state index contributed by atoms with van der Waals surface area (Å²) in [6.45, 7) is 1.68. The molecule has 0 unspecified atom stereocenters. The first-order valence-corrected chi connectivity index (χ1v) is 6.88. The van der Waals surface area contributed by atoms with Crippen molar-refractivity contribution in [1.29, 1.82) is 0 Å². The lowest BCUT2D eigenvalue weighted by molar-refractivity contribution is -0.142. The molecule has 126 valence electrons. The fourth-order valence-corrected chi connectivity index (χ4v) is 1.40. The molecule has 1 aromatic rings. The third-order valence-corrected chi connectivity index (χ3v) is 2.42. The van der Waals surface area contributed by atoms with Crippen LogP contribution in [0, 0.1) is 5.82 Å². The van der Waals surface area contributed by atoms with Crippen LogP contribution >= 0.6 is 0 Å². The van der Waals surface area contributed by atoms with E-state index in [2.05, 4.69) is 20.9 Å². The average Bonchev–Trinajstić information content (AvgIpc) is 2.52. The number of ether oxygens (including phenoxy) is 2. The number of carbonyl (C=O) groups is 3. The highest BCUT2D eigenvalue weighted by Gasteiger charge is 2.06. The van der Waals surface area contributed by atoms with Gasteiger partial charge in [0, 0.05) is 6.54 Å². The van der Waals surface area contributed by atoms with E-state index in [4.69, 9.17) is 4.74 Å². The predicted octanol–water partition coefficient (Wildman–Crippen LogP) is 0.488. The van der Waals surface area contributed by atoms with Gasteiger partial charge in [0.05, 0.1) is 13.0 Å². The van der Waals surface area contributed by atoms with E-state index >= 15 is 0 Å². The summed E-state index contributed by atoms with van der Waals surface area (Å²) in [6.07, 6.45) is 0.0306. The van der Waals surface area contributed by atoms with Crippen molar-refractivity contribution in [1.82, 2.24) is 16.2 Å². The summed E-state index contributed by atoms with van der Waals surface area (Å²) in [4.78, 5) is 33.8. The first-order chi connectivity index (χ1) is 11.0. The summed E-state index contributed by atoms with van der Waals surface area (Å²) in [5.41, 5.74) is 4.20. The van der Waals surface area contributed by atoms with Crippen LogP contribution in [0.3, 0.4) is 0 Å². The second-order valence-corrected chi connectivity index (χ2v) is 4.23. The Hall–Kier alpha value is -2.84. The normalized spacial score (nSPS) is 9.65. The lowest BCUT2D eigenvalue weighted by Gasteiger charge is -2.09. The molecule has 0 atom stereocenters. The van der Waals surface area contributed by atoms with E-state index in [1.165, 1.54) is 24.3 Å². The quantitative estimate of drug-likeness (QED) is 0.499. The smallest absolute Gasteiger partial charge is 0.333 e. The van der Waals surface area contributed by atoms with Crippen LogP contribution in [0.2, 0.25) is 0 Å². The average molecular weight is 327 g/mol. The number of benzene rings is 1. The molecule has 0 saturated carbocycles. The number of urea groups is 1. The minimum Gasteiger partial charge on any atom is -0.484 e. The van der Waals surface area contributed by atoms with Crippen molar-refractivity contribution in [3.63, 3.8) is 0 Å². The summed E-state index contributed by atoms with van der Waals surface area (Å²) in [6, 6.07) is 4.46. The van der Waals surface area contributed by atoms with E-state index in [9.17, 15) is 18.8 Å². The second kappa shape index (κ2) is 9.98. The minimum atomic E-state index is -0.676. The molecule has 3 N–H and O–H groups in total. The van der Waals surface area contributed by atoms with Crippen molar-refractivity contribution in [3.05, 3.63) is 30.1 Å². The van der Waals surface area contributed by atoms with E-state index in [0.717, 1.165) is 0 Å². The van der Waals surface area contributed by atoms with Gasteiger partial charge in [-0.15, -0.1) is 0 Å². The number of nitrogens with one attached hydrogen (secondary N) is 3. The van der Waals surface area contributed by atoms with E-state index in [1.54, 1.807) is 6.92 Å². The van der Waals surface area contributed by atoms with Crippen molar-refractivity contribution in [2.24, 2.45) is 0 Å². The van der Waals surface area contributed by atoms with Gasteiger partial charge in [-0.2, -0.15) is 0 Å². The number of rotatable bonds is 7. The van der Waals surface area contributed by atoms with Crippen LogP contribution in [-0.4, -0.2) is 37.7 Å². The van der Waals surface area contributed by atoms with Crippen molar-refractivity contribution in [2.75, 3.05) is 19.8 Å². The number of hydrogen-bond donors (Lipinski definition) is 3. The van der Waals surface area contributed by atoms with Gasteiger partial charge in [-0.1, -0.05) is 0 Å². The molecule has 0 aliphatic rings. The Morgan fingerprint density at radius 3 is 2.48 bits per heavy atom. The number of hydrogen-bond acceptors (Lipinski definition) is 5. The molecule has 1 rings (SSSR count). The van der Waals surface area contributed by atoms with E-state index in [-0.39, 0.29) is 26.2 Å². The molecule has 0 aromatic heterocycles. The van der Waals surface area contributed by atoms with Crippen LogP contribution < -0.4 is 20.9 Å². The largest absolute Gasteiger partial charge is 0.484 e. The summed E-state index contributed by atoms with van der Waals surface area (Å²) in [5.74, 6) is -1.12. The number of carbonyl (C=O) groups excluding carboxylic acids is 3. The van der Waals surface area contributed by atoms with Crippen LogP contribution in [0.5, 0.6) is 5.75 Å². The highest BCUT2D eigenvalue weighted by molar-refractivity contribution is 5.82. The Morgan fingerprint density at radius 1 is 1.13 bits per heavy atom. The van der Waals surface area contributed by atoms with E-state index in [0.29, 0.717) is 5.75 Å². The van der Waals surface area contributed by atoms with Gasteiger partial charge in [0.25, 0.3) is 5.91 Å². The molecule has 0 aliphatic heterocycles. The Kier molecular flexibility index (Phi) is 7.90. The molecule has 0 spiro atoms. The standard InChI is InChI=1S/C14H18FN3O5/c1-2-22-13(20)7-8-16-14(21)18-17-12(19)9-23-11-5-3-10(15)4-6-11/h3-6H,2,7-9H2,1H3,(H,17,19)(H2,16,18,21). The van der Waals surface area contributed by atoms with Crippen LogP contribution in [0.25, 0.3) is 0 Å². The first kappa shape index (κ1) is 18.2. The SMILES string of the molecule is CCOC(=O)CCNC(=O)NNC(=O)COc1ccc(F)cc1. The molecular formula is C14H18FN3O5. The number of halogens is 1. The maximum atomic E-state index is 12.7. The molecule has 3 amide bonds. The second-order valence-electron chi connectivity index (χ2n) is 4.23. The highest BCUT2D eigenvalue weighted by Crippen LogP contribution is 2.10. The Labute approximate surface area is 132 Å². The number of esters is 1. The van der Waals surface area contributed by atoms with Crippen molar-refractivity contribution < 1.29 is 28.2 Å². The predicted molar refractivity (Wildman–Crippen MR) is 77.8 cm³/mol. The molecule has 1 aromatic carbocycles. The van der Waals surface area contributed by atoms with Crippen molar-refractivity contribution in [3.8, 4) is 5.75 Å². The first-order valence-electron chi connectivity index (χ1n) is 6.88. The summed E-state index contributed by atoms with van der Waals surface area (Å²) < 4.78 is 22.4. The molecule has 23 heavy (non-hydrogen) atoms. The summed E-state index contributed by atoms with van der Waals surface area (Å²) in [7, 11) is 0. The molecule has 9 heteroatoms. The topological polar surface area (TPSA) is 106 Å². The van der Waals surface area contributed by atoms with Gasteiger partial charge in [-0.05, 0) is 31.2 Å². The summed E-state index contributed by atoms with van der Waals surface area (Å²) in [5, 5.41) is 2.36. The summed E-state index contributed by atoms with van der Waals surface area (Å²) >= 11 is 0. The maximum Gasteiger partial charge on any atom is 0.333 e.